The highest BCUT2D eigenvalue weighted by molar-refractivity contribution is 6.02. The van der Waals surface area contributed by atoms with Gasteiger partial charge in [-0.3, -0.25) is 4.79 Å². The Bertz CT molecular complexity index is 538. The van der Waals surface area contributed by atoms with Crippen LogP contribution in [-0.2, 0) is 22.2 Å². The average Bonchev–Trinajstić information content (AvgIpc) is 2.79. The second-order valence-electron chi connectivity index (χ2n) is 4.03. The summed E-state index contributed by atoms with van der Waals surface area (Å²) in [6.45, 7) is 0.232. The van der Waals surface area contributed by atoms with Crippen molar-refractivity contribution in [2.45, 2.75) is 19.0 Å². The van der Waals surface area contributed by atoms with Gasteiger partial charge in [0.1, 0.15) is 6.61 Å². The Kier molecular flexibility index (Phi) is 3.46. The molecule has 1 heterocycles. The van der Waals surface area contributed by atoms with Gasteiger partial charge in [-0.1, -0.05) is 23.4 Å². The van der Waals surface area contributed by atoms with Gasteiger partial charge in [-0.25, -0.2) is 0 Å². The molecule has 0 aliphatic carbocycles. The van der Waals surface area contributed by atoms with Crippen LogP contribution in [0.15, 0.2) is 23.4 Å². The molecule has 1 aromatic carbocycles. The lowest BCUT2D eigenvalue weighted by Gasteiger charge is -2.16. The van der Waals surface area contributed by atoms with Crippen molar-refractivity contribution in [2.75, 3.05) is 6.61 Å². The van der Waals surface area contributed by atoms with Crippen LogP contribution in [0.25, 0.3) is 0 Å². The zero-order valence-electron chi connectivity index (χ0n) is 9.70. The first-order valence-electron chi connectivity index (χ1n) is 5.49. The molecule has 0 amide bonds. The molecule has 0 atom stereocenters. The molecular formula is C12H10F3NO3. The van der Waals surface area contributed by atoms with E-state index >= 15 is 0 Å². The number of aliphatic carboxylic acids is 1. The van der Waals surface area contributed by atoms with E-state index in [9.17, 15) is 18.0 Å². The van der Waals surface area contributed by atoms with Crippen molar-refractivity contribution in [1.29, 1.82) is 0 Å². The number of alkyl halides is 3. The van der Waals surface area contributed by atoms with Gasteiger partial charge in [0.05, 0.1) is 17.7 Å². The van der Waals surface area contributed by atoms with Crippen LogP contribution in [0, 0.1) is 0 Å². The van der Waals surface area contributed by atoms with E-state index in [1.54, 1.807) is 0 Å². The number of rotatable bonds is 3. The first-order chi connectivity index (χ1) is 8.89. The molecule has 102 valence electrons. The summed E-state index contributed by atoms with van der Waals surface area (Å²) >= 11 is 0. The van der Waals surface area contributed by atoms with Crippen molar-refractivity contribution < 1.29 is 27.9 Å². The minimum Gasteiger partial charge on any atom is -0.481 e. The maximum absolute atomic E-state index is 13.1. The van der Waals surface area contributed by atoms with Crippen LogP contribution < -0.4 is 0 Å². The third-order valence-electron chi connectivity index (χ3n) is 2.69. The fourth-order valence-corrected chi connectivity index (χ4v) is 1.98. The topological polar surface area (TPSA) is 58.9 Å². The number of hydrogen-bond acceptors (Lipinski definition) is 3. The molecule has 2 rings (SSSR count). The lowest BCUT2D eigenvalue weighted by Crippen LogP contribution is -2.17. The Hall–Kier alpha value is -2.05. The zero-order chi connectivity index (χ0) is 14.0. The van der Waals surface area contributed by atoms with E-state index in [-0.39, 0.29) is 29.9 Å². The Morgan fingerprint density at radius 2 is 2.16 bits per heavy atom. The molecule has 0 radical (unpaired) electrons. The number of halogens is 3. The molecule has 0 fully saturated rings. The Morgan fingerprint density at radius 1 is 1.42 bits per heavy atom. The molecular weight excluding hydrogens is 263 g/mol. The van der Waals surface area contributed by atoms with Gasteiger partial charge in [-0.15, -0.1) is 0 Å². The summed E-state index contributed by atoms with van der Waals surface area (Å²) in [6.07, 6.45) is -5.04. The molecule has 0 unspecified atom stereocenters. The standard InChI is InChI=1S/C12H10F3NO3/c13-12(14,15)11-7(6-10(17)18)2-1-3-8(11)9-4-5-19-16-9/h1-3H,4-6H2,(H,17,18). The normalized spacial score (nSPS) is 15.0. The van der Waals surface area contributed by atoms with Gasteiger partial charge in [0, 0.05) is 12.0 Å². The largest absolute Gasteiger partial charge is 0.481 e. The quantitative estimate of drug-likeness (QED) is 0.920. The van der Waals surface area contributed by atoms with Crippen molar-refractivity contribution in [1.82, 2.24) is 0 Å². The molecule has 0 saturated heterocycles. The van der Waals surface area contributed by atoms with Gasteiger partial charge >= 0.3 is 12.1 Å². The molecule has 0 spiro atoms. The van der Waals surface area contributed by atoms with Crippen molar-refractivity contribution in [3.8, 4) is 0 Å². The maximum Gasteiger partial charge on any atom is 0.417 e. The predicted octanol–water partition coefficient (Wildman–Crippen LogP) is 2.46. The third-order valence-corrected chi connectivity index (χ3v) is 2.69. The van der Waals surface area contributed by atoms with Crippen LogP contribution in [-0.4, -0.2) is 23.4 Å². The summed E-state index contributed by atoms with van der Waals surface area (Å²) in [5, 5.41) is 12.3. The van der Waals surface area contributed by atoms with Crippen molar-refractivity contribution >= 4 is 11.7 Å². The lowest BCUT2D eigenvalue weighted by atomic mass is 9.94. The minimum atomic E-state index is -4.63. The van der Waals surface area contributed by atoms with Crippen LogP contribution in [0.4, 0.5) is 13.2 Å². The van der Waals surface area contributed by atoms with Crippen molar-refractivity contribution in [2.24, 2.45) is 5.16 Å². The summed E-state index contributed by atoms with van der Waals surface area (Å²) in [4.78, 5) is 15.4. The van der Waals surface area contributed by atoms with E-state index < -0.39 is 24.1 Å². The second kappa shape index (κ2) is 4.91. The lowest BCUT2D eigenvalue weighted by molar-refractivity contribution is -0.139. The van der Waals surface area contributed by atoms with Crippen LogP contribution in [0.3, 0.4) is 0 Å². The summed E-state index contributed by atoms with van der Waals surface area (Å²) in [5.74, 6) is -1.31. The number of carboxylic acids is 1. The fraction of sp³-hybridized carbons (Fsp3) is 0.333. The Morgan fingerprint density at radius 3 is 2.68 bits per heavy atom. The van der Waals surface area contributed by atoms with E-state index in [0.29, 0.717) is 0 Å². The Labute approximate surface area is 106 Å². The second-order valence-corrected chi connectivity index (χ2v) is 4.03. The average molecular weight is 273 g/mol. The van der Waals surface area contributed by atoms with Gasteiger partial charge in [-0.05, 0) is 5.56 Å². The highest BCUT2D eigenvalue weighted by Crippen LogP contribution is 2.36. The first-order valence-corrected chi connectivity index (χ1v) is 5.49. The summed E-state index contributed by atoms with van der Waals surface area (Å²) < 4.78 is 39.4. The monoisotopic (exact) mass is 273 g/mol. The van der Waals surface area contributed by atoms with Crippen LogP contribution in [0.5, 0.6) is 0 Å². The van der Waals surface area contributed by atoms with Gasteiger partial charge in [0.15, 0.2) is 0 Å². The molecule has 4 nitrogen and oxygen atoms in total. The number of oxime groups is 1. The van der Waals surface area contributed by atoms with Gasteiger partial charge < -0.3 is 9.94 Å². The summed E-state index contributed by atoms with van der Waals surface area (Å²) in [6, 6.07) is 3.84. The molecule has 1 aliphatic heterocycles. The van der Waals surface area contributed by atoms with E-state index in [4.69, 9.17) is 9.94 Å². The third kappa shape index (κ3) is 2.86. The smallest absolute Gasteiger partial charge is 0.417 e. The number of carboxylic acid groups (broad SMARTS) is 1. The number of hydrogen-bond donors (Lipinski definition) is 1. The molecule has 0 saturated carbocycles. The predicted molar refractivity (Wildman–Crippen MR) is 59.9 cm³/mol. The molecule has 1 N–H and O–H groups in total. The molecule has 19 heavy (non-hydrogen) atoms. The van der Waals surface area contributed by atoms with E-state index in [1.165, 1.54) is 12.1 Å². The zero-order valence-corrected chi connectivity index (χ0v) is 9.70. The number of carbonyl (C=O) groups is 1. The van der Waals surface area contributed by atoms with Crippen LogP contribution >= 0.6 is 0 Å². The highest BCUT2D eigenvalue weighted by Gasteiger charge is 2.37. The van der Waals surface area contributed by atoms with E-state index in [0.717, 1.165) is 6.07 Å². The summed E-state index contributed by atoms with van der Waals surface area (Å²) in [7, 11) is 0. The number of benzene rings is 1. The molecule has 7 heteroatoms. The molecule has 1 aromatic rings. The summed E-state index contributed by atoms with van der Waals surface area (Å²) in [5.41, 5.74) is -1.13. The minimum absolute atomic E-state index is 0.108. The maximum atomic E-state index is 13.1. The van der Waals surface area contributed by atoms with E-state index in [1.807, 2.05) is 0 Å². The van der Waals surface area contributed by atoms with Gasteiger partial charge in [0.25, 0.3) is 0 Å². The Balaban J connectivity index is 2.56. The van der Waals surface area contributed by atoms with Gasteiger partial charge in [0.2, 0.25) is 0 Å². The van der Waals surface area contributed by atoms with Crippen LogP contribution in [0.2, 0.25) is 0 Å². The molecule has 1 aliphatic rings. The first kappa shape index (κ1) is 13.4. The number of nitrogens with zero attached hydrogens (tertiary/aromatic N) is 1. The fourth-order valence-electron chi connectivity index (χ4n) is 1.98. The molecule has 0 bridgehead atoms. The van der Waals surface area contributed by atoms with Crippen molar-refractivity contribution in [3.63, 3.8) is 0 Å². The molecule has 0 aromatic heterocycles. The van der Waals surface area contributed by atoms with Crippen molar-refractivity contribution in [3.05, 3.63) is 34.9 Å². The highest BCUT2D eigenvalue weighted by atomic mass is 19.4. The van der Waals surface area contributed by atoms with E-state index in [2.05, 4.69) is 5.16 Å². The van der Waals surface area contributed by atoms with Crippen LogP contribution in [0.1, 0.15) is 23.1 Å². The SMILES string of the molecule is O=C(O)Cc1cccc(C2=NOCC2)c1C(F)(F)F. The van der Waals surface area contributed by atoms with Gasteiger partial charge in [-0.2, -0.15) is 13.2 Å².